The molecule has 1 aliphatic heterocycles. The first kappa shape index (κ1) is 23.6. The quantitative estimate of drug-likeness (QED) is 0.294. The van der Waals surface area contributed by atoms with Gasteiger partial charge in [0.1, 0.15) is 18.0 Å². The molecule has 0 radical (unpaired) electrons. The second-order valence-electron chi connectivity index (χ2n) is 9.21. The van der Waals surface area contributed by atoms with E-state index in [9.17, 15) is 9.18 Å². The van der Waals surface area contributed by atoms with Gasteiger partial charge in [-0.25, -0.2) is 14.4 Å². The molecule has 3 aromatic carbocycles. The molecule has 0 N–H and O–H groups in total. The number of rotatable bonds is 5. The molecule has 5 aromatic rings. The van der Waals surface area contributed by atoms with Crippen molar-refractivity contribution in [2.24, 2.45) is 0 Å². The van der Waals surface area contributed by atoms with Gasteiger partial charge in [0, 0.05) is 49.7 Å². The number of carbonyl (C=O) groups is 1. The molecule has 1 fully saturated rings. The van der Waals surface area contributed by atoms with Gasteiger partial charge in [-0.2, -0.15) is 0 Å². The highest BCUT2D eigenvalue weighted by molar-refractivity contribution is 6.02. The molecule has 6 nitrogen and oxygen atoms in total. The molecule has 0 spiro atoms. The van der Waals surface area contributed by atoms with Crippen LogP contribution in [0, 0.1) is 5.82 Å². The zero-order valence-electron chi connectivity index (χ0n) is 20.7. The zero-order chi connectivity index (χ0) is 25.9. The van der Waals surface area contributed by atoms with Crippen molar-refractivity contribution in [1.29, 1.82) is 0 Å². The third kappa shape index (κ3) is 4.66. The summed E-state index contributed by atoms with van der Waals surface area (Å²) in [5.74, 6) is 0.560. The summed E-state index contributed by atoms with van der Waals surface area (Å²) in [4.78, 5) is 26.2. The number of hydrogen-bond acceptors (Lipinski definition) is 4. The fourth-order valence-corrected chi connectivity index (χ4v) is 4.90. The molecule has 0 atom stereocenters. The summed E-state index contributed by atoms with van der Waals surface area (Å²) in [5.41, 5.74) is 4.63. The number of fused-ring (bicyclic) bond motifs is 1. The van der Waals surface area contributed by atoms with E-state index in [1.54, 1.807) is 24.5 Å². The van der Waals surface area contributed by atoms with Gasteiger partial charge in [0.05, 0.1) is 5.39 Å². The molecule has 0 saturated carbocycles. The minimum absolute atomic E-state index is 0.00812. The van der Waals surface area contributed by atoms with Crippen LogP contribution in [0.5, 0.6) is 0 Å². The molecule has 3 heterocycles. The number of amides is 1. The summed E-state index contributed by atoms with van der Waals surface area (Å²) in [7, 11) is 0. The number of halogens is 1. The van der Waals surface area contributed by atoms with Crippen LogP contribution >= 0.6 is 0 Å². The highest BCUT2D eigenvalue weighted by atomic mass is 19.1. The van der Waals surface area contributed by atoms with E-state index >= 15 is 0 Å². The summed E-state index contributed by atoms with van der Waals surface area (Å²) < 4.78 is 15.6. The third-order valence-corrected chi connectivity index (χ3v) is 6.86. The van der Waals surface area contributed by atoms with Crippen LogP contribution in [0.1, 0.15) is 5.56 Å². The SMILES string of the molecule is O=C(/C=C/c1ccccc1)N1CCN(c2ncnc3c2c(-c2ccccc2)cn3-c2ccc(F)cc2)CC1. The third-order valence-electron chi connectivity index (χ3n) is 6.86. The largest absolute Gasteiger partial charge is 0.352 e. The second-order valence-corrected chi connectivity index (χ2v) is 9.21. The molecule has 0 bridgehead atoms. The maximum atomic E-state index is 13.6. The van der Waals surface area contributed by atoms with E-state index in [1.807, 2.05) is 70.3 Å². The lowest BCUT2D eigenvalue weighted by Gasteiger charge is -2.35. The van der Waals surface area contributed by atoms with Gasteiger partial charge in [-0.15, -0.1) is 0 Å². The van der Waals surface area contributed by atoms with Crippen LogP contribution < -0.4 is 4.90 Å². The van der Waals surface area contributed by atoms with E-state index in [1.165, 1.54) is 12.1 Å². The van der Waals surface area contributed by atoms with Crippen molar-refractivity contribution >= 4 is 28.8 Å². The summed E-state index contributed by atoms with van der Waals surface area (Å²) >= 11 is 0. The van der Waals surface area contributed by atoms with E-state index in [2.05, 4.69) is 22.0 Å². The van der Waals surface area contributed by atoms with E-state index in [0.29, 0.717) is 26.2 Å². The average molecular weight is 504 g/mol. The smallest absolute Gasteiger partial charge is 0.246 e. The molecule has 7 heteroatoms. The van der Waals surface area contributed by atoms with Crippen LogP contribution in [0.3, 0.4) is 0 Å². The molecule has 0 aliphatic carbocycles. The normalized spacial score (nSPS) is 13.9. The minimum atomic E-state index is -0.283. The Balaban J connectivity index is 1.31. The standard InChI is InChI=1S/C31H26FN5O/c32-25-12-14-26(15-13-25)37-21-27(24-9-5-2-6-10-24)29-30(33-22-34-31(29)37)36-19-17-35(18-20-36)28(38)16-11-23-7-3-1-4-8-23/h1-16,21-22H,17-20H2/b16-11+. The number of anilines is 1. The highest BCUT2D eigenvalue weighted by Crippen LogP contribution is 2.37. The van der Waals surface area contributed by atoms with Gasteiger partial charge >= 0.3 is 0 Å². The van der Waals surface area contributed by atoms with Crippen LogP contribution in [0.2, 0.25) is 0 Å². The lowest BCUT2D eigenvalue weighted by Crippen LogP contribution is -2.48. The minimum Gasteiger partial charge on any atom is -0.352 e. The van der Waals surface area contributed by atoms with E-state index in [4.69, 9.17) is 4.98 Å². The number of benzene rings is 3. The Morgan fingerprint density at radius 1 is 0.816 bits per heavy atom. The molecule has 1 amide bonds. The zero-order valence-corrected chi connectivity index (χ0v) is 20.7. The van der Waals surface area contributed by atoms with Crippen LogP contribution in [0.25, 0.3) is 33.9 Å². The first-order valence-corrected chi connectivity index (χ1v) is 12.6. The predicted octanol–water partition coefficient (Wildman–Crippen LogP) is 5.59. The Morgan fingerprint density at radius 3 is 2.21 bits per heavy atom. The molecule has 0 unspecified atom stereocenters. The number of nitrogens with zero attached hydrogens (tertiary/aromatic N) is 5. The lowest BCUT2D eigenvalue weighted by atomic mass is 10.1. The van der Waals surface area contributed by atoms with Gasteiger partial charge in [0.2, 0.25) is 5.91 Å². The number of piperazine rings is 1. The molecule has 2 aromatic heterocycles. The topological polar surface area (TPSA) is 54.3 Å². The van der Waals surface area contributed by atoms with E-state index < -0.39 is 0 Å². The van der Waals surface area contributed by atoms with Crippen molar-refractivity contribution < 1.29 is 9.18 Å². The number of aromatic nitrogens is 3. The Morgan fingerprint density at radius 2 is 1.50 bits per heavy atom. The summed E-state index contributed by atoms with van der Waals surface area (Å²) in [6.07, 6.45) is 7.11. The predicted molar refractivity (Wildman–Crippen MR) is 149 cm³/mol. The highest BCUT2D eigenvalue weighted by Gasteiger charge is 2.25. The number of carbonyl (C=O) groups excluding carboxylic acids is 1. The van der Waals surface area contributed by atoms with Crippen molar-refractivity contribution in [2.45, 2.75) is 0 Å². The van der Waals surface area contributed by atoms with Crippen LogP contribution in [-0.4, -0.2) is 51.5 Å². The van der Waals surface area contributed by atoms with Crippen LogP contribution in [0.4, 0.5) is 10.2 Å². The summed E-state index contributed by atoms with van der Waals surface area (Å²) in [6.45, 7) is 2.52. The lowest BCUT2D eigenvalue weighted by molar-refractivity contribution is -0.126. The Kier molecular flexibility index (Phi) is 6.40. The molecular formula is C31H26FN5O. The first-order valence-electron chi connectivity index (χ1n) is 12.6. The summed E-state index contributed by atoms with van der Waals surface area (Å²) in [6, 6.07) is 26.4. The van der Waals surface area contributed by atoms with Gasteiger partial charge < -0.3 is 14.4 Å². The molecule has 1 aliphatic rings. The molecule has 6 rings (SSSR count). The summed E-state index contributed by atoms with van der Waals surface area (Å²) in [5, 5.41) is 0.937. The van der Waals surface area contributed by atoms with Gasteiger partial charge in [-0.05, 0) is 41.5 Å². The monoisotopic (exact) mass is 503 g/mol. The Bertz CT molecular complexity index is 1590. The van der Waals surface area contributed by atoms with Crippen LogP contribution in [0.15, 0.2) is 104 Å². The van der Waals surface area contributed by atoms with E-state index in [0.717, 1.165) is 39.2 Å². The maximum absolute atomic E-state index is 13.6. The van der Waals surface area contributed by atoms with E-state index in [-0.39, 0.29) is 11.7 Å². The van der Waals surface area contributed by atoms with Gasteiger partial charge in [0.15, 0.2) is 5.65 Å². The number of hydrogen-bond donors (Lipinski definition) is 0. The molecule has 188 valence electrons. The molecule has 1 saturated heterocycles. The fraction of sp³-hybridized carbons (Fsp3) is 0.129. The Hall–Kier alpha value is -4.78. The van der Waals surface area contributed by atoms with Crippen LogP contribution in [-0.2, 0) is 4.79 Å². The van der Waals surface area contributed by atoms with Gasteiger partial charge in [-0.1, -0.05) is 60.7 Å². The second kappa shape index (κ2) is 10.3. The van der Waals surface area contributed by atoms with Crippen molar-refractivity contribution in [3.05, 3.63) is 115 Å². The van der Waals surface area contributed by atoms with Crippen molar-refractivity contribution in [1.82, 2.24) is 19.4 Å². The molecular weight excluding hydrogens is 477 g/mol. The first-order chi connectivity index (χ1) is 18.7. The average Bonchev–Trinajstić information content (AvgIpc) is 3.37. The van der Waals surface area contributed by atoms with Gasteiger partial charge in [-0.3, -0.25) is 4.79 Å². The van der Waals surface area contributed by atoms with Crippen molar-refractivity contribution in [2.75, 3.05) is 31.1 Å². The fourth-order valence-electron chi connectivity index (χ4n) is 4.90. The van der Waals surface area contributed by atoms with Gasteiger partial charge in [0.25, 0.3) is 0 Å². The maximum Gasteiger partial charge on any atom is 0.246 e. The molecule has 38 heavy (non-hydrogen) atoms. The Labute approximate surface area is 220 Å². The van der Waals surface area contributed by atoms with Crippen molar-refractivity contribution in [3.63, 3.8) is 0 Å². The van der Waals surface area contributed by atoms with Crippen molar-refractivity contribution in [3.8, 4) is 16.8 Å².